The van der Waals surface area contributed by atoms with Crippen molar-refractivity contribution in [1.82, 2.24) is 8.61 Å². The second kappa shape index (κ2) is 7.95. The van der Waals surface area contributed by atoms with Gasteiger partial charge in [-0.2, -0.15) is 8.61 Å². The van der Waals surface area contributed by atoms with Crippen LogP contribution in [0.3, 0.4) is 0 Å². The molecule has 2 rings (SSSR count). The highest BCUT2D eigenvalue weighted by molar-refractivity contribution is 7.89. The molecule has 1 saturated heterocycles. The monoisotopic (exact) mass is 374 g/mol. The molecule has 1 fully saturated rings. The largest absolute Gasteiger partial charge is 0.218 e. The van der Waals surface area contributed by atoms with E-state index in [-0.39, 0.29) is 37.7 Å². The summed E-state index contributed by atoms with van der Waals surface area (Å²) < 4.78 is 52.4. The molecule has 1 aromatic rings. The molecule has 0 unspecified atom stereocenters. The fourth-order valence-corrected chi connectivity index (χ4v) is 5.99. The predicted molar refractivity (Wildman–Crippen MR) is 95.6 cm³/mol. The molecular weight excluding hydrogens is 348 g/mol. The van der Waals surface area contributed by atoms with Crippen LogP contribution in [0.5, 0.6) is 0 Å². The molecular formula is C16H26N2O4S2. The molecule has 1 aromatic carbocycles. The molecule has 0 N–H and O–H groups in total. The first-order chi connectivity index (χ1) is 11.3. The van der Waals surface area contributed by atoms with E-state index < -0.39 is 20.0 Å². The fourth-order valence-electron chi connectivity index (χ4n) is 2.74. The Kier molecular flexibility index (Phi) is 6.41. The summed E-state index contributed by atoms with van der Waals surface area (Å²) in [7, 11) is -6.70. The Balaban J connectivity index is 2.00. The number of hydrogen-bond donors (Lipinski definition) is 0. The molecule has 0 spiro atoms. The van der Waals surface area contributed by atoms with Crippen molar-refractivity contribution in [3.8, 4) is 0 Å². The summed E-state index contributed by atoms with van der Waals surface area (Å²) in [5.41, 5.74) is 1.73. The average molecular weight is 375 g/mol. The van der Waals surface area contributed by atoms with Crippen molar-refractivity contribution in [1.29, 1.82) is 0 Å². The third-order valence-corrected chi connectivity index (χ3v) is 8.12. The number of hydrogen-bond acceptors (Lipinski definition) is 4. The third-order valence-electron chi connectivity index (χ3n) is 4.34. The summed E-state index contributed by atoms with van der Waals surface area (Å²) in [6.45, 7) is 4.76. The van der Waals surface area contributed by atoms with Gasteiger partial charge < -0.3 is 0 Å². The Morgan fingerprint density at radius 2 is 1.46 bits per heavy atom. The van der Waals surface area contributed by atoms with Gasteiger partial charge in [0.05, 0.1) is 11.5 Å². The van der Waals surface area contributed by atoms with Gasteiger partial charge in [-0.1, -0.05) is 37.6 Å². The van der Waals surface area contributed by atoms with Crippen LogP contribution in [-0.2, 0) is 25.8 Å². The lowest BCUT2D eigenvalue weighted by molar-refractivity contribution is 0.272. The van der Waals surface area contributed by atoms with Crippen molar-refractivity contribution in [2.24, 2.45) is 0 Å². The summed E-state index contributed by atoms with van der Waals surface area (Å²) in [6, 6.07) is 7.42. The third kappa shape index (κ3) is 4.78. The molecule has 1 heterocycles. The number of unbranched alkanes of at least 4 members (excludes halogenated alkanes) is 1. The fraction of sp³-hybridized carbons (Fsp3) is 0.625. The molecule has 0 atom stereocenters. The quantitative estimate of drug-likeness (QED) is 0.726. The summed E-state index contributed by atoms with van der Waals surface area (Å²) in [6.07, 6.45) is 1.46. The molecule has 0 radical (unpaired) electrons. The number of rotatable bonds is 7. The minimum absolute atomic E-state index is 0.0394. The second-order valence-corrected chi connectivity index (χ2v) is 10.2. The second-order valence-electron chi connectivity index (χ2n) is 6.15. The summed E-state index contributed by atoms with van der Waals surface area (Å²) >= 11 is 0. The van der Waals surface area contributed by atoms with Gasteiger partial charge >= 0.3 is 0 Å². The van der Waals surface area contributed by atoms with Gasteiger partial charge in [-0.05, 0) is 24.5 Å². The van der Waals surface area contributed by atoms with Crippen molar-refractivity contribution < 1.29 is 16.8 Å². The van der Waals surface area contributed by atoms with Crippen LogP contribution in [0.2, 0.25) is 0 Å². The van der Waals surface area contributed by atoms with E-state index in [2.05, 4.69) is 0 Å². The van der Waals surface area contributed by atoms with Crippen LogP contribution < -0.4 is 0 Å². The van der Waals surface area contributed by atoms with E-state index in [0.29, 0.717) is 6.42 Å². The van der Waals surface area contributed by atoms with Crippen LogP contribution in [-0.4, -0.2) is 57.4 Å². The maximum Gasteiger partial charge on any atom is 0.218 e. The summed E-state index contributed by atoms with van der Waals surface area (Å²) in [5, 5.41) is 0. The molecule has 0 aromatic heterocycles. The molecule has 0 saturated carbocycles. The Morgan fingerprint density at radius 3 is 2.00 bits per heavy atom. The Bertz CT molecular complexity index is 752. The van der Waals surface area contributed by atoms with Crippen LogP contribution in [0.25, 0.3) is 0 Å². The van der Waals surface area contributed by atoms with Crippen molar-refractivity contribution in [2.75, 3.05) is 31.9 Å². The molecule has 0 bridgehead atoms. The first kappa shape index (κ1) is 19.4. The number of benzene rings is 1. The molecule has 1 aliphatic rings. The molecule has 1 aliphatic heterocycles. The zero-order chi connectivity index (χ0) is 17.8. The van der Waals surface area contributed by atoms with E-state index in [4.69, 9.17) is 0 Å². The molecule has 6 nitrogen and oxygen atoms in total. The first-order valence-electron chi connectivity index (χ1n) is 8.26. The lowest BCUT2D eigenvalue weighted by Gasteiger charge is -2.33. The summed E-state index contributed by atoms with van der Waals surface area (Å²) in [4.78, 5) is 0. The Morgan fingerprint density at radius 1 is 0.917 bits per heavy atom. The smallest absolute Gasteiger partial charge is 0.212 e. The first-order valence-corrected chi connectivity index (χ1v) is 11.5. The molecule has 24 heavy (non-hydrogen) atoms. The van der Waals surface area contributed by atoms with E-state index in [1.165, 1.54) is 8.61 Å². The SMILES string of the molecule is CCCCS(=O)(=O)N1CCN(S(=O)(=O)Cc2ccccc2C)CC1. The van der Waals surface area contributed by atoms with Crippen molar-refractivity contribution in [3.63, 3.8) is 0 Å². The standard InChI is InChI=1S/C16H26N2O4S2/c1-3-4-13-23(19,20)17-9-11-18(12-10-17)24(21,22)14-16-8-6-5-7-15(16)2/h5-8H,3-4,9-14H2,1-2H3. The van der Waals surface area contributed by atoms with Gasteiger partial charge in [0.1, 0.15) is 0 Å². The van der Waals surface area contributed by atoms with Crippen LogP contribution >= 0.6 is 0 Å². The van der Waals surface area contributed by atoms with Crippen LogP contribution in [0, 0.1) is 6.92 Å². The Labute approximate surface area is 145 Å². The van der Waals surface area contributed by atoms with E-state index in [9.17, 15) is 16.8 Å². The normalized spacial score (nSPS) is 17.9. The molecule has 136 valence electrons. The molecule has 0 aliphatic carbocycles. The number of sulfonamides is 2. The van der Waals surface area contributed by atoms with Gasteiger partial charge in [0, 0.05) is 26.2 Å². The van der Waals surface area contributed by atoms with Crippen LogP contribution in [0.1, 0.15) is 30.9 Å². The van der Waals surface area contributed by atoms with Gasteiger partial charge in [0.15, 0.2) is 0 Å². The minimum Gasteiger partial charge on any atom is -0.212 e. The maximum absolute atomic E-state index is 12.6. The van der Waals surface area contributed by atoms with Crippen LogP contribution in [0.4, 0.5) is 0 Å². The van der Waals surface area contributed by atoms with Gasteiger partial charge in [-0.3, -0.25) is 0 Å². The van der Waals surface area contributed by atoms with E-state index in [1.54, 1.807) is 0 Å². The summed E-state index contributed by atoms with van der Waals surface area (Å²) in [5.74, 6) is 0.0989. The highest BCUT2D eigenvalue weighted by Gasteiger charge is 2.31. The zero-order valence-corrected chi connectivity index (χ0v) is 15.9. The maximum atomic E-state index is 12.6. The van der Waals surface area contributed by atoms with Gasteiger partial charge in [0.2, 0.25) is 20.0 Å². The predicted octanol–water partition coefficient (Wildman–Crippen LogP) is 1.57. The van der Waals surface area contributed by atoms with Crippen molar-refractivity contribution in [3.05, 3.63) is 35.4 Å². The Hall–Kier alpha value is -0.960. The van der Waals surface area contributed by atoms with Crippen molar-refractivity contribution >= 4 is 20.0 Å². The topological polar surface area (TPSA) is 74.8 Å². The highest BCUT2D eigenvalue weighted by atomic mass is 32.2. The average Bonchev–Trinajstić information content (AvgIpc) is 2.55. The zero-order valence-electron chi connectivity index (χ0n) is 14.3. The van der Waals surface area contributed by atoms with E-state index in [0.717, 1.165) is 17.5 Å². The van der Waals surface area contributed by atoms with Gasteiger partial charge in [-0.25, -0.2) is 16.8 Å². The molecule has 0 amide bonds. The number of nitrogens with zero attached hydrogens (tertiary/aromatic N) is 2. The van der Waals surface area contributed by atoms with Crippen LogP contribution in [0.15, 0.2) is 24.3 Å². The van der Waals surface area contributed by atoms with E-state index >= 15 is 0 Å². The van der Waals surface area contributed by atoms with Gasteiger partial charge in [0.25, 0.3) is 0 Å². The minimum atomic E-state index is -3.43. The van der Waals surface area contributed by atoms with Crippen molar-refractivity contribution in [2.45, 2.75) is 32.4 Å². The number of aryl methyl sites for hydroxylation is 1. The van der Waals surface area contributed by atoms with Gasteiger partial charge in [-0.15, -0.1) is 0 Å². The molecule has 8 heteroatoms. The number of piperazine rings is 1. The lowest BCUT2D eigenvalue weighted by atomic mass is 10.1. The highest BCUT2D eigenvalue weighted by Crippen LogP contribution is 2.18. The van der Waals surface area contributed by atoms with E-state index in [1.807, 2.05) is 38.1 Å². The lowest BCUT2D eigenvalue weighted by Crippen LogP contribution is -2.51.